The maximum absolute atomic E-state index is 9.91. The minimum Gasteiger partial charge on any atom is -0.428 e. The molecule has 0 radical (unpaired) electrons. The van der Waals surface area contributed by atoms with Crippen molar-refractivity contribution >= 4 is 10.9 Å². The largest absolute Gasteiger partial charge is 0.428 e. The molecule has 0 fully saturated rings. The van der Waals surface area contributed by atoms with Gasteiger partial charge < -0.3 is 5.21 Å². The smallest absolute Gasteiger partial charge is 0.0868 e. The van der Waals surface area contributed by atoms with E-state index in [4.69, 9.17) is 0 Å². The molecule has 18 heavy (non-hydrogen) atoms. The van der Waals surface area contributed by atoms with Crippen LogP contribution in [-0.2, 0) is 6.42 Å². The molecule has 2 heteroatoms. The van der Waals surface area contributed by atoms with E-state index in [2.05, 4.69) is 40.7 Å². The highest BCUT2D eigenvalue weighted by Gasteiger charge is 2.33. The third kappa shape index (κ3) is 2.12. The quantitative estimate of drug-likeness (QED) is 0.775. The van der Waals surface area contributed by atoms with Gasteiger partial charge in [0.1, 0.15) is 0 Å². The number of nitrogens with zero attached hydrogens (tertiary/aromatic N) is 1. The maximum atomic E-state index is 9.91. The van der Waals surface area contributed by atoms with Gasteiger partial charge >= 0.3 is 0 Å². The van der Waals surface area contributed by atoms with Crippen LogP contribution in [0.1, 0.15) is 40.2 Å². The number of hydrogen-bond acceptors (Lipinski definition) is 1. The van der Waals surface area contributed by atoms with Crippen molar-refractivity contribution in [2.45, 2.75) is 41.0 Å². The molecule has 0 bridgehead atoms. The van der Waals surface area contributed by atoms with E-state index in [0.717, 1.165) is 17.3 Å². The summed E-state index contributed by atoms with van der Waals surface area (Å²) in [6, 6.07) is 8.00. The molecule has 2 aromatic rings. The first-order chi connectivity index (χ1) is 8.22. The Morgan fingerprint density at radius 2 is 1.67 bits per heavy atom. The third-order valence-electron chi connectivity index (χ3n) is 4.44. The second kappa shape index (κ2) is 4.04. The summed E-state index contributed by atoms with van der Waals surface area (Å²) in [6.07, 6.45) is 2.81. The molecule has 2 rings (SSSR count). The summed E-state index contributed by atoms with van der Waals surface area (Å²) in [4.78, 5) is 0. The molecular formula is C16H23NO. The highest BCUT2D eigenvalue weighted by atomic mass is 16.5. The van der Waals surface area contributed by atoms with Crippen LogP contribution in [-0.4, -0.2) is 9.94 Å². The van der Waals surface area contributed by atoms with Crippen molar-refractivity contribution in [3.8, 4) is 0 Å². The van der Waals surface area contributed by atoms with Gasteiger partial charge in [0.25, 0.3) is 0 Å². The standard InChI is InChI=1S/C16H23NO/c1-15(2,3)16(4,5)10-12-11-17(18)14-9-7-6-8-13(12)14/h6-9,11,18H,10H2,1-5H3. The lowest BCUT2D eigenvalue weighted by atomic mass is 9.66. The lowest BCUT2D eigenvalue weighted by molar-refractivity contribution is 0.131. The van der Waals surface area contributed by atoms with Crippen LogP contribution in [0.3, 0.4) is 0 Å². The molecule has 1 aromatic heterocycles. The topological polar surface area (TPSA) is 25.2 Å². The molecule has 0 unspecified atom stereocenters. The highest BCUT2D eigenvalue weighted by molar-refractivity contribution is 5.83. The Labute approximate surface area is 109 Å². The minimum atomic E-state index is 0.178. The second-order valence-electron chi connectivity index (χ2n) is 6.83. The van der Waals surface area contributed by atoms with E-state index >= 15 is 0 Å². The number of aromatic nitrogens is 1. The van der Waals surface area contributed by atoms with Crippen LogP contribution >= 0.6 is 0 Å². The molecule has 1 N–H and O–H groups in total. The molecular weight excluding hydrogens is 222 g/mol. The van der Waals surface area contributed by atoms with Gasteiger partial charge in [0, 0.05) is 11.6 Å². The fraction of sp³-hybridized carbons (Fsp3) is 0.500. The van der Waals surface area contributed by atoms with Gasteiger partial charge in [0.2, 0.25) is 0 Å². The lowest BCUT2D eigenvalue weighted by Gasteiger charge is -2.39. The first-order valence-corrected chi connectivity index (χ1v) is 6.50. The number of benzene rings is 1. The summed E-state index contributed by atoms with van der Waals surface area (Å²) in [5.41, 5.74) is 2.51. The van der Waals surface area contributed by atoms with E-state index < -0.39 is 0 Å². The van der Waals surface area contributed by atoms with Gasteiger partial charge in [-0.15, -0.1) is 0 Å². The molecule has 1 aromatic carbocycles. The van der Waals surface area contributed by atoms with Gasteiger partial charge in [0.15, 0.2) is 0 Å². The molecule has 0 saturated heterocycles. The summed E-state index contributed by atoms with van der Waals surface area (Å²) in [5.74, 6) is 0. The Bertz CT molecular complexity index is 558. The maximum Gasteiger partial charge on any atom is 0.0868 e. The zero-order valence-corrected chi connectivity index (χ0v) is 12.0. The SMILES string of the molecule is CC(C)(C)C(C)(C)Cc1cn(O)c2ccccc12. The predicted octanol–water partition coefficient (Wildman–Crippen LogP) is 4.49. The zero-order chi connectivity index (χ0) is 13.6. The number of hydrogen-bond donors (Lipinski definition) is 1. The zero-order valence-electron chi connectivity index (χ0n) is 12.0. The first kappa shape index (κ1) is 13.0. The average molecular weight is 245 g/mol. The summed E-state index contributed by atoms with van der Waals surface area (Å²) in [6.45, 7) is 11.4. The molecule has 0 aliphatic carbocycles. The molecule has 0 amide bonds. The van der Waals surface area contributed by atoms with Crippen molar-refractivity contribution in [3.05, 3.63) is 36.0 Å². The molecule has 0 atom stereocenters. The molecule has 2 nitrogen and oxygen atoms in total. The van der Waals surface area contributed by atoms with Crippen LogP contribution in [0.5, 0.6) is 0 Å². The fourth-order valence-corrected chi connectivity index (χ4v) is 2.11. The fourth-order valence-electron chi connectivity index (χ4n) is 2.11. The molecule has 0 saturated carbocycles. The van der Waals surface area contributed by atoms with E-state index in [1.165, 1.54) is 10.3 Å². The van der Waals surface area contributed by atoms with E-state index in [-0.39, 0.29) is 10.8 Å². The highest BCUT2D eigenvalue weighted by Crippen LogP contribution is 2.41. The number of para-hydroxylation sites is 1. The molecule has 98 valence electrons. The van der Waals surface area contributed by atoms with Crippen LogP contribution in [0.2, 0.25) is 0 Å². The van der Waals surface area contributed by atoms with Crippen molar-refractivity contribution in [2.24, 2.45) is 10.8 Å². The third-order valence-corrected chi connectivity index (χ3v) is 4.44. The summed E-state index contributed by atoms with van der Waals surface area (Å²) < 4.78 is 1.24. The minimum absolute atomic E-state index is 0.178. The molecule has 0 spiro atoms. The second-order valence-corrected chi connectivity index (χ2v) is 6.83. The Morgan fingerprint density at radius 3 is 2.28 bits per heavy atom. The van der Waals surface area contributed by atoms with Crippen LogP contribution in [0.15, 0.2) is 30.5 Å². The van der Waals surface area contributed by atoms with E-state index in [1.807, 2.05) is 24.4 Å². The van der Waals surface area contributed by atoms with Crippen molar-refractivity contribution < 1.29 is 5.21 Å². The Kier molecular flexibility index (Phi) is 2.92. The lowest BCUT2D eigenvalue weighted by Crippen LogP contribution is -2.31. The van der Waals surface area contributed by atoms with Gasteiger partial charge in [-0.1, -0.05) is 52.8 Å². The Hall–Kier alpha value is -1.44. The van der Waals surface area contributed by atoms with Crippen molar-refractivity contribution in [2.75, 3.05) is 0 Å². The first-order valence-electron chi connectivity index (χ1n) is 6.50. The van der Waals surface area contributed by atoms with Gasteiger partial charge in [-0.05, 0) is 28.9 Å². The van der Waals surface area contributed by atoms with Crippen LogP contribution in [0, 0.1) is 10.8 Å². The van der Waals surface area contributed by atoms with Gasteiger partial charge in [-0.2, -0.15) is 4.73 Å². The van der Waals surface area contributed by atoms with E-state index in [9.17, 15) is 5.21 Å². The normalized spacial score (nSPS) is 13.2. The number of fused-ring (bicyclic) bond motifs is 1. The van der Waals surface area contributed by atoms with E-state index in [0.29, 0.717) is 0 Å². The summed E-state index contributed by atoms with van der Waals surface area (Å²) in [7, 11) is 0. The predicted molar refractivity (Wildman–Crippen MR) is 76.1 cm³/mol. The van der Waals surface area contributed by atoms with Gasteiger partial charge in [-0.3, -0.25) is 0 Å². The molecule has 0 aliphatic rings. The van der Waals surface area contributed by atoms with Crippen molar-refractivity contribution in [1.82, 2.24) is 4.73 Å². The average Bonchev–Trinajstić information content (AvgIpc) is 2.55. The van der Waals surface area contributed by atoms with Crippen LogP contribution in [0.25, 0.3) is 10.9 Å². The van der Waals surface area contributed by atoms with Gasteiger partial charge in [0.05, 0.1) is 5.52 Å². The summed E-state index contributed by atoms with van der Waals surface area (Å²) >= 11 is 0. The van der Waals surface area contributed by atoms with Crippen molar-refractivity contribution in [3.63, 3.8) is 0 Å². The molecule has 0 aliphatic heterocycles. The Balaban J connectivity index is 2.45. The Morgan fingerprint density at radius 1 is 1.06 bits per heavy atom. The van der Waals surface area contributed by atoms with Crippen LogP contribution < -0.4 is 0 Å². The van der Waals surface area contributed by atoms with Crippen LogP contribution in [0.4, 0.5) is 0 Å². The molecule has 1 heterocycles. The monoisotopic (exact) mass is 245 g/mol. The van der Waals surface area contributed by atoms with Gasteiger partial charge in [-0.25, -0.2) is 0 Å². The summed E-state index contributed by atoms with van der Waals surface area (Å²) in [5, 5.41) is 11.1. The van der Waals surface area contributed by atoms with Crippen molar-refractivity contribution in [1.29, 1.82) is 0 Å². The number of rotatable bonds is 2. The van der Waals surface area contributed by atoms with E-state index in [1.54, 1.807) is 0 Å².